The third-order valence-electron chi connectivity index (χ3n) is 0.354. The Morgan fingerprint density at radius 2 is 1.33 bits per heavy atom. The van der Waals surface area contributed by atoms with Gasteiger partial charge < -0.3 is 17.3 Å². The zero-order valence-electron chi connectivity index (χ0n) is 5.21. The van der Waals surface area contributed by atoms with Gasteiger partial charge in [0.2, 0.25) is 0 Å². The maximum atomic E-state index is 9.75. The van der Waals surface area contributed by atoms with Crippen LogP contribution in [0, 0.1) is 0 Å². The van der Waals surface area contributed by atoms with Crippen LogP contribution >= 0.6 is 9.24 Å². The molecule has 0 aliphatic carbocycles. The molecule has 0 bridgehead atoms. The van der Waals surface area contributed by atoms with Gasteiger partial charge in [-0.25, -0.2) is 0 Å². The van der Waals surface area contributed by atoms with E-state index in [1.54, 1.807) is 0 Å². The number of halogens is 4. The molecule has 9 heavy (non-hydrogen) atoms. The minimum absolute atomic E-state index is 1.33. The highest BCUT2D eigenvalue weighted by molar-refractivity contribution is 7.16. The highest BCUT2D eigenvalue weighted by Gasteiger charge is 2.20. The summed E-state index contributed by atoms with van der Waals surface area (Å²) in [4.78, 5) is 0. The Morgan fingerprint density at radius 1 is 1.22 bits per heavy atom. The molecule has 0 aliphatic heterocycles. The number of rotatable bonds is 1. The van der Waals surface area contributed by atoms with Crippen molar-refractivity contribution >= 4 is 16.5 Å². The summed E-state index contributed by atoms with van der Waals surface area (Å²) in [5.41, 5.74) is 0. The Bertz CT molecular complexity index is 46.3. The van der Waals surface area contributed by atoms with Crippen LogP contribution in [0.25, 0.3) is 0 Å². The minimum Gasteiger partial charge on any atom is -0.418 e. The van der Waals surface area contributed by atoms with Gasteiger partial charge in [-0.15, -0.1) is 0 Å². The van der Waals surface area contributed by atoms with Gasteiger partial charge in [0.1, 0.15) is 0 Å². The van der Waals surface area contributed by atoms with Crippen LogP contribution in [0.4, 0.5) is 17.3 Å². The van der Waals surface area contributed by atoms with E-state index in [0.29, 0.717) is 0 Å². The monoisotopic (exact) mass is 164 g/mol. The average molecular weight is 164 g/mol. The summed E-state index contributed by atoms with van der Waals surface area (Å²) in [6, 6.07) is 0. The maximum absolute atomic E-state index is 9.75. The molecule has 0 rings (SSSR count). The molecule has 6 heteroatoms. The molecule has 1 unspecified atom stereocenters. The van der Waals surface area contributed by atoms with Gasteiger partial charge in [-0.1, -0.05) is 6.92 Å². The molecule has 58 valence electrons. The van der Waals surface area contributed by atoms with Gasteiger partial charge in [-0.05, 0) is 15.7 Å². The van der Waals surface area contributed by atoms with E-state index in [1.807, 2.05) is 9.24 Å². The molecule has 0 aromatic rings. The van der Waals surface area contributed by atoms with E-state index in [-0.39, 0.29) is 0 Å². The van der Waals surface area contributed by atoms with Crippen molar-refractivity contribution in [2.45, 2.75) is 13.3 Å². The van der Waals surface area contributed by atoms with Crippen LogP contribution in [0.2, 0.25) is 0 Å². The lowest BCUT2D eigenvalue weighted by Crippen LogP contribution is -2.02. The highest BCUT2D eigenvalue weighted by Crippen LogP contribution is 2.06. The Morgan fingerprint density at radius 3 is 1.33 bits per heavy atom. The zero-order chi connectivity index (χ0) is 7.91. The Kier molecular flexibility index (Phi) is 8.41. The van der Waals surface area contributed by atoms with E-state index in [0.717, 1.165) is 0 Å². The highest BCUT2D eigenvalue weighted by atomic mass is 31.0. The van der Waals surface area contributed by atoms with Crippen LogP contribution in [0.3, 0.4) is 0 Å². The van der Waals surface area contributed by atoms with Crippen molar-refractivity contribution in [2.75, 3.05) is 6.16 Å². The molecule has 0 saturated heterocycles. The summed E-state index contributed by atoms with van der Waals surface area (Å²) in [6.07, 6.45) is 2.68. The van der Waals surface area contributed by atoms with Gasteiger partial charge in [0.05, 0.1) is 6.16 Å². The second-order valence-corrected chi connectivity index (χ2v) is 2.06. The SMILES string of the molecule is CCC[PH3+].F[B-](F)(F)F. The minimum atomic E-state index is -6.00. The van der Waals surface area contributed by atoms with Crippen LogP contribution in [0.1, 0.15) is 13.3 Å². The molecular formula is C3H10BF4P. The van der Waals surface area contributed by atoms with Gasteiger partial charge in [0, 0.05) is 0 Å². The average Bonchev–Trinajstić information content (AvgIpc) is 1.61. The number of hydrogen-bond donors (Lipinski definition) is 0. The van der Waals surface area contributed by atoms with Crippen molar-refractivity contribution in [3.05, 3.63) is 0 Å². The van der Waals surface area contributed by atoms with Crippen LogP contribution in [-0.4, -0.2) is 13.4 Å². The first-order chi connectivity index (χ1) is 3.91. The second kappa shape index (κ2) is 6.34. The maximum Gasteiger partial charge on any atom is 0.673 e. The number of hydrogen-bond acceptors (Lipinski definition) is 0. The van der Waals surface area contributed by atoms with E-state index >= 15 is 0 Å². The molecule has 0 aliphatic rings. The third-order valence-corrected chi connectivity index (χ3v) is 1.06. The van der Waals surface area contributed by atoms with E-state index in [2.05, 4.69) is 6.92 Å². The summed E-state index contributed by atoms with van der Waals surface area (Å²) in [7, 11) is -3.98. The molecule has 0 radical (unpaired) electrons. The van der Waals surface area contributed by atoms with Crippen molar-refractivity contribution in [2.24, 2.45) is 0 Å². The molecule has 0 spiro atoms. The van der Waals surface area contributed by atoms with Crippen molar-refractivity contribution in [1.82, 2.24) is 0 Å². The quantitative estimate of drug-likeness (QED) is 0.316. The van der Waals surface area contributed by atoms with E-state index in [1.165, 1.54) is 12.6 Å². The van der Waals surface area contributed by atoms with Crippen LogP contribution < -0.4 is 0 Å². The van der Waals surface area contributed by atoms with Crippen LogP contribution in [-0.2, 0) is 0 Å². The second-order valence-electron chi connectivity index (χ2n) is 1.35. The van der Waals surface area contributed by atoms with Gasteiger partial charge in [-0.2, -0.15) is 0 Å². The largest absolute Gasteiger partial charge is 0.673 e. The Balaban J connectivity index is 0. The predicted octanol–water partition coefficient (Wildman–Crippen LogP) is 2.30. The summed E-state index contributed by atoms with van der Waals surface area (Å²) < 4.78 is 39.0. The summed E-state index contributed by atoms with van der Waals surface area (Å²) >= 11 is 0. The third kappa shape index (κ3) is 215. The fourth-order valence-electron chi connectivity index (χ4n) is 0. The Labute approximate surface area is 54.3 Å². The smallest absolute Gasteiger partial charge is 0.418 e. The van der Waals surface area contributed by atoms with Crippen molar-refractivity contribution in [3.8, 4) is 0 Å². The molecule has 0 saturated carbocycles. The van der Waals surface area contributed by atoms with Gasteiger partial charge in [0.25, 0.3) is 0 Å². The van der Waals surface area contributed by atoms with Crippen LogP contribution in [0.15, 0.2) is 0 Å². The molecule has 0 amide bonds. The first-order valence-electron chi connectivity index (χ1n) is 2.58. The Hall–Kier alpha value is 0.215. The lowest BCUT2D eigenvalue weighted by molar-refractivity contribution is 0.368. The fraction of sp³-hybridized carbons (Fsp3) is 1.00. The molecule has 0 nitrogen and oxygen atoms in total. The van der Waals surface area contributed by atoms with Crippen LogP contribution in [0.5, 0.6) is 0 Å². The van der Waals surface area contributed by atoms with Crippen molar-refractivity contribution < 1.29 is 17.3 Å². The van der Waals surface area contributed by atoms with Gasteiger partial charge in [0.15, 0.2) is 0 Å². The van der Waals surface area contributed by atoms with Crippen molar-refractivity contribution in [1.29, 1.82) is 0 Å². The van der Waals surface area contributed by atoms with E-state index in [4.69, 9.17) is 0 Å². The zero-order valence-corrected chi connectivity index (χ0v) is 6.62. The van der Waals surface area contributed by atoms with Gasteiger partial charge >= 0.3 is 7.25 Å². The first kappa shape index (κ1) is 11.9. The molecule has 1 atom stereocenters. The standard InChI is InChI=1S/C3H9P.BF4/c1-2-3-4;2-1(3,4)5/h2-4H2,1H3;/q;-1/p+1. The van der Waals surface area contributed by atoms with E-state index < -0.39 is 7.25 Å². The van der Waals surface area contributed by atoms with E-state index in [9.17, 15) is 17.3 Å². The lowest BCUT2D eigenvalue weighted by atomic mass is 10.3. The predicted molar refractivity (Wildman–Crippen MR) is 36.4 cm³/mol. The summed E-state index contributed by atoms with van der Waals surface area (Å²) in [6.45, 7) is 2.19. The topological polar surface area (TPSA) is 0 Å². The normalized spacial score (nSPS) is 10.3. The fourth-order valence-corrected chi connectivity index (χ4v) is 0. The van der Waals surface area contributed by atoms with Gasteiger partial charge in [-0.3, -0.25) is 0 Å². The lowest BCUT2D eigenvalue weighted by Gasteiger charge is -1.94. The van der Waals surface area contributed by atoms with Crippen molar-refractivity contribution in [3.63, 3.8) is 0 Å². The molecule has 0 fully saturated rings. The molecule has 0 N–H and O–H groups in total. The summed E-state index contributed by atoms with van der Waals surface area (Å²) in [5, 5.41) is 0. The molecule has 0 aromatic heterocycles. The molecular weight excluding hydrogens is 154 g/mol. The first-order valence-corrected chi connectivity index (χ1v) is 3.58. The summed E-state index contributed by atoms with van der Waals surface area (Å²) in [5.74, 6) is 0. The molecule has 0 heterocycles. The molecule has 0 aromatic carbocycles.